The van der Waals surface area contributed by atoms with E-state index < -0.39 is 0 Å². The molecule has 0 aliphatic heterocycles. The molecule has 0 fully saturated rings. The van der Waals surface area contributed by atoms with Crippen LogP contribution in [-0.2, 0) is 0 Å². The van der Waals surface area contributed by atoms with Crippen molar-refractivity contribution >= 4 is 0 Å². The molecule has 1 N–H and O–H groups in total. The Balaban J connectivity index is 2.44. The van der Waals surface area contributed by atoms with Crippen molar-refractivity contribution in [1.29, 1.82) is 0 Å². The Bertz CT molecular complexity index is 328. The fourth-order valence-electron chi connectivity index (χ4n) is 2.86. The van der Waals surface area contributed by atoms with Gasteiger partial charge in [-0.25, -0.2) is 0 Å². The third-order valence-corrected chi connectivity index (χ3v) is 4.18. The number of hydrogen-bond acceptors (Lipinski definition) is 1. The molecule has 0 saturated carbocycles. The quantitative estimate of drug-likeness (QED) is 0.462. The van der Waals surface area contributed by atoms with Crippen molar-refractivity contribution in [2.45, 2.75) is 84.0 Å². The van der Waals surface area contributed by atoms with Gasteiger partial charge in [0, 0.05) is 0 Å². The molecule has 20 heavy (non-hydrogen) atoms. The summed E-state index contributed by atoms with van der Waals surface area (Å²) in [6, 6.07) is 7.88. The first kappa shape index (κ1) is 17.1. The summed E-state index contributed by atoms with van der Waals surface area (Å²) in [5.74, 6) is 1.06. The van der Waals surface area contributed by atoms with Crippen LogP contribution in [0.25, 0.3) is 0 Å². The molecular weight excluding hydrogens is 244 g/mol. The highest BCUT2D eigenvalue weighted by molar-refractivity contribution is 5.28. The van der Waals surface area contributed by atoms with Gasteiger partial charge < -0.3 is 5.11 Å². The van der Waals surface area contributed by atoms with Crippen LogP contribution >= 0.6 is 0 Å². The molecule has 1 unspecified atom stereocenters. The third kappa shape index (κ3) is 6.98. The van der Waals surface area contributed by atoms with Gasteiger partial charge in [0.25, 0.3) is 0 Å². The first-order valence-corrected chi connectivity index (χ1v) is 8.56. The van der Waals surface area contributed by atoms with Crippen molar-refractivity contribution in [2.24, 2.45) is 0 Å². The molecule has 1 atom stereocenters. The predicted molar refractivity (Wildman–Crippen MR) is 88.4 cm³/mol. The molecule has 1 aromatic carbocycles. The van der Waals surface area contributed by atoms with E-state index in [1.807, 2.05) is 12.1 Å². The Hall–Kier alpha value is -0.980. The van der Waals surface area contributed by atoms with Crippen molar-refractivity contribution in [1.82, 2.24) is 0 Å². The molecule has 0 aliphatic carbocycles. The minimum atomic E-state index is 0.379. The summed E-state index contributed by atoms with van der Waals surface area (Å²) in [6.45, 7) is 4.53. The van der Waals surface area contributed by atoms with Crippen LogP contribution in [0.1, 0.15) is 89.5 Å². The number of benzene rings is 1. The number of hydrogen-bond donors (Lipinski definition) is 1. The van der Waals surface area contributed by atoms with Crippen molar-refractivity contribution in [2.75, 3.05) is 0 Å². The van der Waals surface area contributed by atoms with E-state index in [0.717, 1.165) is 0 Å². The largest absolute Gasteiger partial charge is 0.508 e. The summed E-state index contributed by atoms with van der Waals surface area (Å²) < 4.78 is 0. The van der Waals surface area contributed by atoms with Crippen molar-refractivity contribution in [3.05, 3.63) is 29.8 Å². The number of phenolic OH excluding ortho intramolecular Hbond substituents is 1. The highest BCUT2D eigenvalue weighted by Gasteiger charge is 2.11. The fraction of sp³-hybridized carbons (Fsp3) is 0.684. The summed E-state index contributed by atoms with van der Waals surface area (Å²) in [7, 11) is 0. The molecule has 0 aliphatic rings. The average molecular weight is 276 g/mol. The van der Waals surface area contributed by atoms with Crippen LogP contribution in [0.5, 0.6) is 5.75 Å². The molecule has 1 heteroatoms. The van der Waals surface area contributed by atoms with Crippen molar-refractivity contribution < 1.29 is 5.11 Å². The number of phenols is 1. The predicted octanol–water partition coefficient (Wildman–Crippen LogP) is 6.42. The molecule has 0 spiro atoms. The second-order valence-electron chi connectivity index (χ2n) is 5.99. The van der Waals surface area contributed by atoms with Gasteiger partial charge in [-0.1, -0.05) is 77.3 Å². The van der Waals surface area contributed by atoms with E-state index in [9.17, 15) is 5.11 Å². The Morgan fingerprint density at radius 3 is 1.85 bits per heavy atom. The van der Waals surface area contributed by atoms with Gasteiger partial charge in [-0.05, 0) is 36.5 Å². The minimum Gasteiger partial charge on any atom is -0.508 e. The summed E-state index contributed by atoms with van der Waals surface area (Å²) in [4.78, 5) is 0. The lowest BCUT2D eigenvalue weighted by atomic mass is 9.88. The van der Waals surface area contributed by atoms with Gasteiger partial charge in [-0.2, -0.15) is 0 Å². The third-order valence-electron chi connectivity index (χ3n) is 4.18. The Morgan fingerprint density at radius 2 is 1.25 bits per heavy atom. The molecule has 0 saturated heterocycles. The number of aromatic hydroxyl groups is 1. The summed E-state index contributed by atoms with van der Waals surface area (Å²) in [5.41, 5.74) is 1.41. The molecule has 1 aromatic rings. The van der Waals surface area contributed by atoms with Gasteiger partial charge in [-0.15, -0.1) is 0 Å². The lowest BCUT2D eigenvalue weighted by Crippen LogP contribution is -1.99. The Labute approximate surface area is 125 Å². The molecular formula is C19H32O. The Kier molecular flexibility index (Phi) is 9.19. The summed E-state index contributed by atoms with van der Waals surface area (Å²) in [6.07, 6.45) is 13.4. The smallest absolute Gasteiger partial charge is 0.115 e. The highest BCUT2D eigenvalue weighted by Crippen LogP contribution is 2.29. The van der Waals surface area contributed by atoms with Crippen LogP contribution in [0.2, 0.25) is 0 Å². The first-order chi connectivity index (χ1) is 9.77. The Morgan fingerprint density at radius 1 is 0.750 bits per heavy atom. The molecule has 0 heterocycles. The van der Waals surface area contributed by atoms with E-state index in [0.29, 0.717) is 11.7 Å². The molecule has 0 aromatic heterocycles. The van der Waals surface area contributed by atoms with Crippen LogP contribution in [0.3, 0.4) is 0 Å². The second kappa shape index (κ2) is 10.8. The molecule has 0 radical (unpaired) electrons. The van der Waals surface area contributed by atoms with E-state index in [1.54, 1.807) is 0 Å². The molecule has 114 valence electrons. The van der Waals surface area contributed by atoms with E-state index >= 15 is 0 Å². The van der Waals surface area contributed by atoms with Crippen molar-refractivity contribution in [3.63, 3.8) is 0 Å². The van der Waals surface area contributed by atoms with Gasteiger partial charge in [0.2, 0.25) is 0 Å². The average Bonchev–Trinajstić information content (AvgIpc) is 2.46. The molecule has 1 rings (SSSR count). The molecule has 1 nitrogen and oxygen atoms in total. The lowest BCUT2D eigenvalue weighted by molar-refractivity contribution is 0.472. The standard InChI is InChI=1S/C19H32O/c1-3-5-7-8-10-12-17(11-9-6-4-2)18-13-15-19(20)16-14-18/h13-17,20H,3-12H2,1-2H3. The SMILES string of the molecule is CCCCCCCC(CCCCC)c1ccc(O)cc1. The van der Waals surface area contributed by atoms with E-state index in [2.05, 4.69) is 26.0 Å². The van der Waals surface area contributed by atoms with Crippen LogP contribution in [-0.4, -0.2) is 5.11 Å². The van der Waals surface area contributed by atoms with Gasteiger partial charge in [0.15, 0.2) is 0 Å². The van der Waals surface area contributed by atoms with Crippen LogP contribution in [0.15, 0.2) is 24.3 Å². The van der Waals surface area contributed by atoms with Crippen LogP contribution in [0, 0.1) is 0 Å². The number of unbranched alkanes of at least 4 members (excludes halogenated alkanes) is 6. The maximum absolute atomic E-state index is 9.43. The van der Waals surface area contributed by atoms with E-state index in [1.165, 1.54) is 69.8 Å². The van der Waals surface area contributed by atoms with Crippen LogP contribution in [0.4, 0.5) is 0 Å². The normalized spacial score (nSPS) is 12.5. The maximum atomic E-state index is 9.43. The zero-order valence-electron chi connectivity index (χ0n) is 13.4. The monoisotopic (exact) mass is 276 g/mol. The molecule has 0 bridgehead atoms. The van der Waals surface area contributed by atoms with Crippen molar-refractivity contribution in [3.8, 4) is 5.75 Å². The van der Waals surface area contributed by atoms with Gasteiger partial charge in [-0.3, -0.25) is 0 Å². The van der Waals surface area contributed by atoms with Gasteiger partial charge >= 0.3 is 0 Å². The van der Waals surface area contributed by atoms with Crippen LogP contribution < -0.4 is 0 Å². The minimum absolute atomic E-state index is 0.379. The molecule has 0 amide bonds. The number of rotatable bonds is 11. The van der Waals surface area contributed by atoms with Gasteiger partial charge in [0.1, 0.15) is 5.75 Å². The van der Waals surface area contributed by atoms with E-state index in [4.69, 9.17) is 0 Å². The summed E-state index contributed by atoms with van der Waals surface area (Å²) in [5, 5.41) is 9.43. The van der Waals surface area contributed by atoms with Gasteiger partial charge in [0.05, 0.1) is 0 Å². The second-order valence-corrected chi connectivity index (χ2v) is 5.99. The lowest BCUT2D eigenvalue weighted by Gasteiger charge is -2.17. The summed E-state index contributed by atoms with van der Waals surface area (Å²) >= 11 is 0. The van der Waals surface area contributed by atoms with E-state index in [-0.39, 0.29) is 0 Å². The maximum Gasteiger partial charge on any atom is 0.115 e. The zero-order chi connectivity index (χ0) is 14.6. The fourth-order valence-corrected chi connectivity index (χ4v) is 2.86. The zero-order valence-corrected chi connectivity index (χ0v) is 13.4. The highest BCUT2D eigenvalue weighted by atomic mass is 16.3. The first-order valence-electron chi connectivity index (χ1n) is 8.56. The topological polar surface area (TPSA) is 20.2 Å².